The second-order valence-corrected chi connectivity index (χ2v) is 3.83. The van der Waals surface area contributed by atoms with Gasteiger partial charge in [0.15, 0.2) is 0 Å². The first-order chi connectivity index (χ1) is 5.63. The first-order valence-corrected chi connectivity index (χ1v) is 4.26. The van der Waals surface area contributed by atoms with Gasteiger partial charge < -0.3 is 10.4 Å². The zero-order valence-corrected chi connectivity index (χ0v) is 7.94. The Morgan fingerprint density at radius 1 is 1.54 bits per heavy atom. The molecule has 1 saturated heterocycles. The van der Waals surface area contributed by atoms with Crippen molar-refractivity contribution in [3.05, 3.63) is 0 Å². The standard InChI is InChI=1S/C8H12FNO2.ClH/c9-8(7(11)12)2-5-1-6(8)4-10-3-5;/h5-6,10H,1-4H2,(H,11,12);1H/t5-,6-,8-;/m1./s1. The molecule has 1 aliphatic heterocycles. The maximum absolute atomic E-state index is 13.8. The van der Waals surface area contributed by atoms with Gasteiger partial charge in [-0.2, -0.15) is 0 Å². The Morgan fingerprint density at radius 2 is 2.23 bits per heavy atom. The van der Waals surface area contributed by atoms with Gasteiger partial charge in [0.2, 0.25) is 5.67 Å². The van der Waals surface area contributed by atoms with Crippen molar-refractivity contribution in [2.75, 3.05) is 13.1 Å². The summed E-state index contributed by atoms with van der Waals surface area (Å²) in [6.45, 7) is 1.29. The van der Waals surface area contributed by atoms with Crippen molar-refractivity contribution < 1.29 is 14.3 Å². The van der Waals surface area contributed by atoms with Crippen LogP contribution in [0, 0.1) is 11.8 Å². The van der Waals surface area contributed by atoms with E-state index < -0.39 is 11.6 Å². The average Bonchev–Trinajstić information content (AvgIpc) is 2.25. The van der Waals surface area contributed by atoms with E-state index in [9.17, 15) is 9.18 Å². The fourth-order valence-corrected chi connectivity index (χ4v) is 2.38. The van der Waals surface area contributed by atoms with Crippen LogP contribution in [0.5, 0.6) is 0 Å². The highest BCUT2D eigenvalue weighted by atomic mass is 35.5. The molecule has 0 spiro atoms. The number of piperidine rings is 1. The van der Waals surface area contributed by atoms with Crippen LogP contribution in [0.1, 0.15) is 12.8 Å². The Morgan fingerprint density at radius 3 is 2.77 bits per heavy atom. The summed E-state index contributed by atoms with van der Waals surface area (Å²) in [5, 5.41) is 11.8. The lowest BCUT2D eigenvalue weighted by Gasteiger charge is -2.23. The summed E-state index contributed by atoms with van der Waals surface area (Å²) < 4.78 is 13.8. The molecule has 76 valence electrons. The van der Waals surface area contributed by atoms with Gasteiger partial charge in [-0.3, -0.25) is 0 Å². The summed E-state index contributed by atoms with van der Waals surface area (Å²) in [6, 6.07) is 0. The van der Waals surface area contributed by atoms with Gasteiger partial charge in [0, 0.05) is 12.5 Å². The Labute approximate surface area is 82.1 Å². The molecule has 3 nitrogen and oxygen atoms in total. The van der Waals surface area contributed by atoms with Crippen molar-refractivity contribution in [2.24, 2.45) is 11.8 Å². The van der Waals surface area contributed by atoms with Crippen LogP contribution in [0.25, 0.3) is 0 Å². The number of aliphatic carboxylic acids is 1. The molecule has 1 heterocycles. The molecule has 0 radical (unpaired) electrons. The zero-order chi connectivity index (χ0) is 8.77. The molecule has 2 aliphatic rings. The maximum atomic E-state index is 13.8. The summed E-state index contributed by atoms with van der Waals surface area (Å²) in [6.07, 6.45) is 0.926. The average molecular weight is 210 g/mol. The van der Waals surface area contributed by atoms with E-state index in [1.165, 1.54) is 0 Å². The van der Waals surface area contributed by atoms with E-state index >= 15 is 0 Å². The van der Waals surface area contributed by atoms with Crippen molar-refractivity contribution >= 4 is 18.4 Å². The summed E-state index contributed by atoms with van der Waals surface area (Å²) in [7, 11) is 0. The van der Waals surface area contributed by atoms with Gasteiger partial charge >= 0.3 is 5.97 Å². The molecule has 0 unspecified atom stereocenters. The van der Waals surface area contributed by atoms with Crippen LogP contribution in [-0.2, 0) is 4.79 Å². The monoisotopic (exact) mass is 209 g/mol. The molecule has 2 fully saturated rings. The summed E-state index contributed by atoms with van der Waals surface area (Å²) in [5.41, 5.74) is -1.95. The van der Waals surface area contributed by atoms with Crippen LogP contribution in [0.3, 0.4) is 0 Å². The largest absolute Gasteiger partial charge is 0.479 e. The number of nitrogens with one attached hydrogen (secondary N) is 1. The molecule has 5 heteroatoms. The molecule has 0 aromatic rings. The molecule has 13 heavy (non-hydrogen) atoms. The van der Waals surface area contributed by atoms with Gasteiger partial charge in [-0.1, -0.05) is 0 Å². The number of carboxylic acid groups (broad SMARTS) is 1. The minimum atomic E-state index is -1.95. The van der Waals surface area contributed by atoms with Crippen LogP contribution in [0.4, 0.5) is 4.39 Å². The van der Waals surface area contributed by atoms with E-state index in [2.05, 4.69) is 5.32 Å². The minimum Gasteiger partial charge on any atom is -0.479 e. The molecule has 0 aromatic carbocycles. The third-order valence-electron chi connectivity index (χ3n) is 3.03. The minimum absolute atomic E-state index is 0. The topological polar surface area (TPSA) is 49.3 Å². The number of hydrogen-bond acceptors (Lipinski definition) is 2. The Kier molecular flexibility index (Phi) is 2.82. The van der Waals surface area contributed by atoms with Gasteiger partial charge in [0.25, 0.3) is 0 Å². The maximum Gasteiger partial charge on any atom is 0.341 e. The van der Waals surface area contributed by atoms with E-state index in [4.69, 9.17) is 5.11 Å². The number of carbonyl (C=O) groups is 1. The van der Waals surface area contributed by atoms with Gasteiger partial charge in [0.05, 0.1) is 0 Å². The van der Waals surface area contributed by atoms with Crippen molar-refractivity contribution in [1.82, 2.24) is 5.32 Å². The van der Waals surface area contributed by atoms with E-state index in [-0.39, 0.29) is 30.7 Å². The molecule has 0 aromatic heterocycles. The fourth-order valence-electron chi connectivity index (χ4n) is 2.38. The van der Waals surface area contributed by atoms with Crippen LogP contribution >= 0.6 is 12.4 Å². The fraction of sp³-hybridized carbons (Fsp3) is 0.875. The van der Waals surface area contributed by atoms with Crippen molar-refractivity contribution in [1.29, 1.82) is 0 Å². The lowest BCUT2D eigenvalue weighted by atomic mass is 9.93. The third-order valence-corrected chi connectivity index (χ3v) is 3.03. The lowest BCUT2D eigenvalue weighted by molar-refractivity contribution is -0.153. The molecule has 2 rings (SSSR count). The van der Waals surface area contributed by atoms with Gasteiger partial charge in [-0.05, 0) is 25.3 Å². The summed E-state index contributed by atoms with van der Waals surface area (Å²) in [4.78, 5) is 10.7. The van der Waals surface area contributed by atoms with Crippen molar-refractivity contribution in [3.8, 4) is 0 Å². The predicted octanol–water partition coefficient (Wildman–Crippen LogP) is 0.831. The number of carboxylic acids is 1. The molecular weight excluding hydrogens is 197 g/mol. The molecule has 3 atom stereocenters. The first-order valence-electron chi connectivity index (χ1n) is 4.26. The molecule has 2 bridgehead atoms. The highest BCUT2D eigenvalue weighted by Crippen LogP contribution is 2.44. The Hall–Kier alpha value is -0.350. The summed E-state index contributed by atoms with van der Waals surface area (Å²) in [5.74, 6) is -1.36. The van der Waals surface area contributed by atoms with Crippen LogP contribution < -0.4 is 5.32 Å². The quantitative estimate of drug-likeness (QED) is 0.673. The van der Waals surface area contributed by atoms with Crippen LogP contribution in [0.2, 0.25) is 0 Å². The van der Waals surface area contributed by atoms with Gasteiger partial charge in [0.1, 0.15) is 0 Å². The predicted molar refractivity (Wildman–Crippen MR) is 47.8 cm³/mol. The molecule has 1 saturated carbocycles. The Balaban J connectivity index is 0.000000845. The number of halogens is 2. The highest BCUT2D eigenvalue weighted by molar-refractivity contribution is 5.85. The van der Waals surface area contributed by atoms with E-state index in [0.717, 1.165) is 13.0 Å². The number of rotatable bonds is 1. The van der Waals surface area contributed by atoms with Crippen LogP contribution in [-0.4, -0.2) is 29.8 Å². The van der Waals surface area contributed by atoms with E-state index in [0.29, 0.717) is 6.54 Å². The number of alkyl halides is 1. The van der Waals surface area contributed by atoms with E-state index in [1.54, 1.807) is 0 Å². The third kappa shape index (κ3) is 1.53. The van der Waals surface area contributed by atoms with Crippen LogP contribution in [0.15, 0.2) is 0 Å². The summed E-state index contributed by atoms with van der Waals surface area (Å²) >= 11 is 0. The SMILES string of the molecule is Cl.O=C(O)[C@@]1(F)C[C@@H]2CNC[C@H]1C2. The Bertz CT molecular complexity index is 226. The number of fused-ring (bicyclic) bond motifs is 2. The molecule has 2 N–H and O–H groups in total. The zero-order valence-electron chi connectivity index (χ0n) is 7.12. The molecule has 1 aliphatic carbocycles. The normalized spacial score (nSPS) is 42.5. The first kappa shape index (κ1) is 10.7. The number of hydrogen-bond donors (Lipinski definition) is 2. The lowest BCUT2D eigenvalue weighted by Crippen LogP contribution is -2.41. The van der Waals surface area contributed by atoms with E-state index in [1.807, 2.05) is 0 Å². The van der Waals surface area contributed by atoms with Crippen molar-refractivity contribution in [2.45, 2.75) is 18.5 Å². The second-order valence-electron chi connectivity index (χ2n) is 3.83. The molecular formula is C8H13ClFNO2. The highest BCUT2D eigenvalue weighted by Gasteiger charge is 2.54. The second kappa shape index (κ2) is 3.42. The van der Waals surface area contributed by atoms with Gasteiger partial charge in [-0.15, -0.1) is 12.4 Å². The molecule has 0 amide bonds. The van der Waals surface area contributed by atoms with Crippen molar-refractivity contribution in [3.63, 3.8) is 0 Å². The van der Waals surface area contributed by atoms with Gasteiger partial charge in [-0.25, -0.2) is 9.18 Å². The smallest absolute Gasteiger partial charge is 0.341 e.